The summed E-state index contributed by atoms with van der Waals surface area (Å²) in [7, 11) is 0. The zero-order valence-electron chi connectivity index (χ0n) is 13.2. The number of fused-ring (bicyclic) bond motifs is 2. The highest BCUT2D eigenvalue weighted by molar-refractivity contribution is 7.14. The van der Waals surface area contributed by atoms with Gasteiger partial charge in [-0.1, -0.05) is 30.3 Å². The second-order valence-electron chi connectivity index (χ2n) is 5.79. The monoisotopic (exact) mass is 346 g/mol. The van der Waals surface area contributed by atoms with Crippen LogP contribution in [-0.4, -0.2) is 11.8 Å². The van der Waals surface area contributed by atoms with Crippen LogP contribution in [0.25, 0.3) is 22.0 Å². The van der Waals surface area contributed by atoms with Crippen molar-refractivity contribution in [1.29, 1.82) is 0 Å². The second-order valence-corrected chi connectivity index (χ2v) is 6.65. The average Bonchev–Trinajstić information content (AvgIpc) is 3.30. The first-order valence-electron chi connectivity index (χ1n) is 7.96. The third-order valence-electron chi connectivity index (χ3n) is 4.17. The molecule has 5 heteroatoms. The van der Waals surface area contributed by atoms with Gasteiger partial charge in [0.2, 0.25) is 6.79 Å². The fourth-order valence-corrected chi connectivity index (χ4v) is 3.65. The smallest absolute Gasteiger partial charge is 0.231 e. The number of nitrogens with one attached hydrogen (secondary N) is 1. The van der Waals surface area contributed by atoms with Crippen molar-refractivity contribution in [3.8, 4) is 22.8 Å². The number of aromatic nitrogens is 1. The van der Waals surface area contributed by atoms with Crippen LogP contribution in [0.1, 0.15) is 0 Å². The Kier molecular flexibility index (Phi) is 3.31. The Morgan fingerprint density at radius 3 is 2.72 bits per heavy atom. The molecule has 0 saturated heterocycles. The molecule has 4 nitrogen and oxygen atoms in total. The highest BCUT2D eigenvalue weighted by Crippen LogP contribution is 2.37. The summed E-state index contributed by atoms with van der Waals surface area (Å²) in [6.45, 7) is 0.282. The lowest BCUT2D eigenvalue weighted by molar-refractivity contribution is 0.174. The molecule has 0 saturated carbocycles. The lowest BCUT2D eigenvalue weighted by atomic mass is 10.1. The van der Waals surface area contributed by atoms with Gasteiger partial charge in [-0.05, 0) is 41.1 Å². The quantitative estimate of drug-likeness (QED) is 0.537. The van der Waals surface area contributed by atoms with Gasteiger partial charge >= 0.3 is 0 Å². The molecule has 1 aromatic heterocycles. The molecule has 1 N–H and O–H groups in total. The maximum Gasteiger partial charge on any atom is 0.231 e. The second kappa shape index (κ2) is 5.79. The number of hydrogen-bond donors (Lipinski definition) is 1. The van der Waals surface area contributed by atoms with E-state index in [1.807, 2.05) is 35.7 Å². The standard InChI is InChI=1S/C20H14N2O2S/c1-2-4-14-9-16(7-5-13(14)3-1)21-20-22-17(11-25-20)15-6-8-18-19(10-15)24-12-23-18/h1-11H,12H2,(H,21,22). The molecule has 1 aliphatic heterocycles. The first-order valence-corrected chi connectivity index (χ1v) is 8.84. The van der Waals surface area contributed by atoms with Crippen molar-refractivity contribution in [2.75, 3.05) is 12.1 Å². The van der Waals surface area contributed by atoms with E-state index < -0.39 is 0 Å². The van der Waals surface area contributed by atoms with E-state index in [9.17, 15) is 0 Å². The number of hydrogen-bond acceptors (Lipinski definition) is 5. The third-order valence-corrected chi connectivity index (χ3v) is 4.93. The van der Waals surface area contributed by atoms with Crippen LogP contribution < -0.4 is 14.8 Å². The summed E-state index contributed by atoms with van der Waals surface area (Å²) in [5.41, 5.74) is 2.98. The topological polar surface area (TPSA) is 43.4 Å². The van der Waals surface area contributed by atoms with Crippen molar-refractivity contribution in [1.82, 2.24) is 4.98 Å². The van der Waals surface area contributed by atoms with E-state index in [2.05, 4.69) is 35.6 Å². The van der Waals surface area contributed by atoms with Crippen LogP contribution >= 0.6 is 11.3 Å². The molecular formula is C20H14N2O2S. The lowest BCUT2D eigenvalue weighted by Gasteiger charge is -2.04. The minimum absolute atomic E-state index is 0.282. The normalized spacial score (nSPS) is 12.5. The van der Waals surface area contributed by atoms with Gasteiger partial charge < -0.3 is 14.8 Å². The molecule has 0 fully saturated rings. The zero-order chi connectivity index (χ0) is 16.6. The number of thiazole rings is 1. The summed E-state index contributed by atoms with van der Waals surface area (Å²) in [5.74, 6) is 1.56. The Hall–Kier alpha value is -3.05. The van der Waals surface area contributed by atoms with Crippen LogP contribution in [0, 0.1) is 0 Å². The van der Waals surface area contributed by atoms with Gasteiger partial charge in [0.15, 0.2) is 16.6 Å². The van der Waals surface area contributed by atoms with Crippen LogP contribution in [0.3, 0.4) is 0 Å². The predicted molar refractivity (Wildman–Crippen MR) is 101 cm³/mol. The molecule has 122 valence electrons. The van der Waals surface area contributed by atoms with Gasteiger partial charge in [-0.2, -0.15) is 0 Å². The summed E-state index contributed by atoms with van der Waals surface area (Å²) in [6.07, 6.45) is 0. The van der Waals surface area contributed by atoms with E-state index in [0.717, 1.165) is 33.6 Å². The fourth-order valence-electron chi connectivity index (χ4n) is 2.91. The Balaban J connectivity index is 1.42. The summed E-state index contributed by atoms with van der Waals surface area (Å²) in [5, 5.41) is 8.73. The summed E-state index contributed by atoms with van der Waals surface area (Å²) in [6, 6.07) is 20.5. The number of nitrogens with zero attached hydrogens (tertiary/aromatic N) is 1. The minimum Gasteiger partial charge on any atom is -0.454 e. The molecule has 0 bridgehead atoms. The molecule has 0 amide bonds. The molecule has 1 aliphatic rings. The van der Waals surface area contributed by atoms with Crippen molar-refractivity contribution in [3.05, 3.63) is 66.0 Å². The molecule has 25 heavy (non-hydrogen) atoms. The summed E-state index contributed by atoms with van der Waals surface area (Å²) < 4.78 is 10.8. The van der Waals surface area contributed by atoms with E-state index >= 15 is 0 Å². The molecule has 0 spiro atoms. The van der Waals surface area contributed by atoms with Crippen LogP contribution in [-0.2, 0) is 0 Å². The van der Waals surface area contributed by atoms with Gasteiger partial charge in [0.25, 0.3) is 0 Å². The van der Waals surface area contributed by atoms with Crippen molar-refractivity contribution < 1.29 is 9.47 Å². The Bertz CT molecular complexity index is 1070. The van der Waals surface area contributed by atoms with Crippen molar-refractivity contribution in [2.24, 2.45) is 0 Å². The average molecular weight is 346 g/mol. The summed E-state index contributed by atoms with van der Waals surface area (Å²) in [4.78, 5) is 4.69. The third kappa shape index (κ3) is 2.68. The fraction of sp³-hybridized carbons (Fsp3) is 0.0500. The Labute approximate surface area is 148 Å². The van der Waals surface area contributed by atoms with Crippen molar-refractivity contribution in [2.45, 2.75) is 0 Å². The van der Waals surface area contributed by atoms with Crippen molar-refractivity contribution >= 4 is 32.9 Å². The molecule has 0 radical (unpaired) electrons. The van der Waals surface area contributed by atoms with Crippen LogP contribution in [0.2, 0.25) is 0 Å². The SMILES string of the molecule is c1ccc2cc(Nc3nc(-c4ccc5c(c4)OCO5)cs3)ccc2c1. The molecular weight excluding hydrogens is 332 g/mol. The van der Waals surface area contributed by atoms with Crippen LogP contribution in [0.4, 0.5) is 10.8 Å². The molecule has 0 aliphatic carbocycles. The Morgan fingerprint density at radius 1 is 0.880 bits per heavy atom. The van der Waals surface area contributed by atoms with Gasteiger partial charge in [-0.3, -0.25) is 0 Å². The van der Waals surface area contributed by atoms with E-state index in [-0.39, 0.29) is 6.79 Å². The molecule has 5 rings (SSSR count). The number of ether oxygens (including phenoxy) is 2. The van der Waals surface area contributed by atoms with Gasteiger partial charge in [-0.15, -0.1) is 11.3 Å². The maximum absolute atomic E-state index is 5.44. The van der Waals surface area contributed by atoms with E-state index in [0.29, 0.717) is 0 Å². The van der Waals surface area contributed by atoms with Gasteiger partial charge in [-0.25, -0.2) is 4.98 Å². The molecule has 3 aromatic carbocycles. The molecule has 4 aromatic rings. The highest BCUT2D eigenvalue weighted by atomic mass is 32.1. The number of anilines is 2. The predicted octanol–water partition coefficient (Wildman–Crippen LogP) is 5.44. The first-order chi connectivity index (χ1) is 12.3. The first kappa shape index (κ1) is 14.3. The molecule has 0 unspecified atom stereocenters. The van der Waals surface area contributed by atoms with E-state index in [1.54, 1.807) is 11.3 Å². The van der Waals surface area contributed by atoms with Crippen LogP contribution in [0.5, 0.6) is 11.5 Å². The maximum atomic E-state index is 5.44. The largest absolute Gasteiger partial charge is 0.454 e. The molecule has 0 atom stereocenters. The van der Waals surface area contributed by atoms with Crippen molar-refractivity contribution in [3.63, 3.8) is 0 Å². The highest BCUT2D eigenvalue weighted by Gasteiger charge is 2.15. The van der Waals surface area contributed by atoms with Gasteiger partial charge in [0.1, 0.15) is 0 Å². The summed E-state index contributed by atoms with van der Waals surface area (Å²) >= 11 is 1.58. The number of rotatable bonds is 3. The minimum atomic E-state index is 0.282. The van der Waals surface area contributed by atoms with E-state index in [1.165, 1.54) is 10.8 Å². The lowest BCUT2D eigenvalue weighted by Crippen LogP contribution is -1.92. The van der Waals surface area contributed by atoms with Gasteiger partial charge in [0.05, 0.1) is 5.69 Å². The van der Waals surface area contributed by atoms with Gasteiger partial charge in [0, 0.05) is 16.6 Å². The Morgan fingerprint density at radius 2 is 1.76 bits per heavy atom. The zero-order valence-corrected chi connectivity index (χ0v) is 14.0. The number of benzene rings is 3. The van der Waals surface area contributed by atoms with E-state index in [4.69, 9.17) is 14.5 Å². The molecule has 2 heterocycles. The van der Waals surface area contributed by atoms with Crippen LogP contribution in [0.15, 0.2) is 66.0 Å².